The van der Waals surface area contributed by atoms with Gasteiger partial charge in [0.05, 0.1) is 0 Å². The molecule has 0 saturated heterocycles. The smallest absolute Gasteiger partial charge is 1.00 e. The van der Waals surface area contributed by atoms with Crippen molar-refractivity contribution < 1.29 is 40.9 Å². The van der Waals surface area contributed by atoms with Gasteiger partial charge in [-0.3, -0.25) is 4.79 Å². The van der Waals surface area contributed by atoms with E-state index in [1.807, 2.05) is 0 Å². The maximum atomic E-state index is 9.93. The molecule has 0 saturated carbocycles. The average Bonchev–Trinajstić information content (AvgIpc) is 1.80. The van der Waals surface area contributed by atoms with Crippen molar-refractivity contribution in [2.75, 3.05) is 6.54 Å². The number of unbranched alkanes of at least 4 members (excludes halogenated alkanes) is 2. The van der Waals surface area contributed by atoms with Gasteiger partial charge in [-0.2, -0.15) is 0 Å². The van der Waals surface area contributed by atoms with Crippen molar-refractivity contribution in [2.45, 2.75) is 25.7 Å². The molecule has 3 nitrogen and oxygen atoms in total. The summed E-state index contributed by atoms with van der Waals surface area (Å²) in [6.45, 7) is 0.666. The zero-order valence-electron chi connectivity index (χ0n) is 7.47. The van der Waals surface area contributed by atoms with Gasteiger partial charge in [-0.05, 0) is 19.4 Å². The molecule has 0 spiro atoms. The maximum Gasteiger partial charge on any atom is 1.00 e. The van der Waals surface area contributed by atoms with Crippen LogP contribution in [0, 0.1) is 0 Å². The van der Waals surface area contributed by atoms with Gasteiger partial charge in [0.25, 0.3) is 0 Å². The second-order valence-corrected chi connectivity index (χ2v) is 1.99. The van der Waals surface area contributed by atoms with Gasteiger partial charge < -0.3 is 12.3 Å². The predicted molar refractivity (Wildman–Crippen MR) is 36.3 cm³/mol. The zero-order chi connectivity index (χ0) is 7.11. The molecule has 0 fully saturated rings. The first-order valence-corrected chi connectivity index (χ1v) is 3.19. The van der Waals surface area contributed by atoms with Crippen LogP contribution in [0.4, 0.5) is 0 Å². The number of aliphatic carboxylic acids is 1. The molecule has 56 valence electrons. The van der Waals surface area contributed by atoms with E-state index in [0.717, 1.165) is 19.3 Å². The van der Waals surface area contributed by atoms with Gasteiger partial charge >= 0.3 is 35.5 Å². The van der Waals surface area contributed by atoms with Crippen molar-refractivity contribution in [3.8, 4) is 0 Å². The van der Waals surface area contributed by atoms with Crippen molar-refractivity contribution in [1.82, 2.24) is 0 Å². The Balaban J connectivity index is -0.000000320. The Morgan fingerprint density at radius 1 is 1.40 bits per heavy atom. The summed E-state index contributed by atoms with van der Waals surface area (Å²) in [7, 11) is 0. The Bertz CT molecular complexity index is 92.7. The molecule has 0 aromatic heterocycles. The van der Waals surface area contributed by atoms with E-state index in [0.29, 0.717) is 6.54 Å². The van der Waals surface area contributed by atoms with Crippen molar-refractivity contribution in [2.24, 2.45) is 5.73 Å². The first kappa shape index (κ1) is 13.1. The SMILES string of the molecule is NCCCCCC(=O)O.[H-].[Na+]. The van der Waals surface area contributed by atoms with E-state index in [4.69, 9.17) is 10.8 Å². The Labute approximate surface area is 84.8 Å². The van der Waals surface area contributed by atoms with Gasteiger partial charge in [0.1, 0.15) is 0 Å². The summed E-state index contributed by atoms with van der Waals surface area (Å²) >= 11 is 0. The molecule has 4 heteroatoms. The maximum absolute atomic E-state index is 9.93. The molecule has 0 amide bonds. The minimum Gasteiger partial charge on any atom is -1.00 e. The first-order valence-electron chi connectivity index (χ1n) is 3.19. The van der Waals surface area contributed by atoms with Crippen LogP contribution >= 0.6 is 0 Å². The number of hydrogen-bond acceptors (Lipinski definition) is 2. The van der Waals surface area contributed by atoms with E-state index in [9.17, 15) is 4.79 Å². The molecule has 0 aliphatic heterocycles. The van der Waals surface area contributed by atoms with E-state index in [2.05, 4.69) is 0 Å². The fraction of sp³-hybridized carbons (Fsp3) is 0.833. The number of carbonyl (C=O) groups is 1. The van der Waals surface area contributed by atoms with Gasteiger partial charge in [-0.1, -0.05) is 6.42 Å². The molecular formula is C6H14NNaO2. The molecule has 0 unspecified atom stereocenters. The second kappa shape index (κ2) is 9.43. The van der Waals surface area contributed by atoms with Crippen LogP contribution in [-0.4, -0.2) is 17.6 Å². The third kappa shape index (κ3) is 11.3. The Kier molecular flexibility index (Phi) is 12.3. The third-order valence-electron chi connectivity index (χ3n) is 1.09. The number of nitrogens with two attached hydrogens (primary N) is 1. The van der Waals surface area contributed by atoms with Crippen molar-refractivity contribution in [1.29, 1.82) is 0 Å². The number of carboxylic acid groups (broad SMARTS) is 1. The van der Waals surface area contributed by atoms with Crippen LogP contribution < -0.4 is 35.3 Å². The van der Waals surface area contributed by atoms with Crippen LogP contribution in [0.1, 0.15) is 27.1 Å². The predicted octanol–water partition coefficient (Wildman–Crippen LogP) is -2.29. The molecule has 0 heterocycles. The van der Waals surface area contributed by atoms with E-state index >= 15 is 0 Å². The van der Waals surface area contributed by atoms with Crippen LogP contribution in [0.15, 0.2) is 0 Å². The molecule has 0 aliphatic rings. The minimum absolute atomic E-state index is 0. The molecule has 10 heavy (non-hydrogen) atoms. The van der Waals surface area contributed by atoms with Crippen molar-refractivity contribution >= 4 is 5.97 Å². The van der Waals surface area contributed by atoms with Gasteiger partial charge in [0.2, 0.25) is 0 Å². The summed E-state index contributed by atoms with van der Waals surface area (Å²) < 4.78 is 0. The standard InChI is InChI=1S/C6H13NO2.Na.H/c7-5-3-1-2-4-6(8)9;;/h1-5,7H2,(H,8,9);;/q;+1;-1. The molecule has 0 rings (SSSR count). The van der Waals surface area contributed by atoms with Gasteiger partial charge in [0.15, 0.2) is 0 Å². The molecule has 0 bridgehead atoms. The monoisotopic (exact) mass is 155 g/mol. The molecule has 0 aromatic carbocycles. The van der Waals surface area contributed by atoms with Crippen LogP contribution in [-0.2, 0) is 4.79 Å². The fourth-order valence-corrected chi connectivity index (χ4v) is 0.597. The summed E-state index contributed by atoms with van der Waals surface area (Å²) in [6.07, 6.45) is 2.91. The third-order valence-corrected chi connectivity index (χ3v) is 1.09. The molecule has 0 aromatic rings. The van der Waals surface area contributed by atoms with Gasteiger partial charge in [-0.15, -0.1) is 0 Å². The van der Waals surface area contributed by atoms with Crippen LogP contribution in [0.25, 0.3) is 0 Å². The van der Waals surface area contributed by atoms with Crippen LogP contribution in [0.2, 0.25) is 0 Å². The van der Waals surface area contributed by atoms with E-state index in [1.54, 1.807) is 0 Å². The van der Waals surface area contributed by atoms with Gasteiger partial charge in [-0.25, -0.2) is 0 Å². The Morgan fingerprint density at radius 2 is 2.00 bits per heavy atom. The second-order valence-electron chi connectivity index (χ2n) is 1.99. The molecule has 0 atom stereocenters. The summed E-state index contributed by atoms with van der Waals surface area (Å²) in [5, 5.41) is 8.18. The summed E-state index contributed by atoms with van der Waals surface area (Å²) in [6, 6.07) is 0. The Hall–Kier alpha value is 0.430. The normalized spacial score (nSPS) is 8.50. The average molecular weight is 155 g/mol. The number of hydrogen-bond donors (Lipinski definition) is 2. The number of rotatable bonds is 5. The molecule has 0 aliphatic carbocycles. The summed E-state index contributed by atoms with van der Waals surface area (Å²) in [4.78, 5) is 9.93. The van der Waals surface area contributed by atoms with E-state index in [-0.39, 0.29) is 37.4 Å². The quantitative estimate of drug-likeness (QED) is 0.347. The van der Waals surface area contributed by atoms with Crippen LogP contribution in [0.5, 0.6) is 0 Å². The Morgan fingerprint density at radius 3 is 2.40 bits per heavy atom. The van der Waals surface area contributed by atoms with E-state index < -0.39 is 5.97 Å². The fourth-order valence-electron chi connectivity index (χ4n) is 0.597. The largest absolute Gasteiger partial charge is 1.00 e. The van der Waals surface area contributed by atoms with Crippen LogP contribution in [0.3, 0.4) is 0 Å². The van der Waals surface area contributed by atoms with E-state index in [1.165, 1.54) is 0 Å². The van der Waals surface area contributed by atoms with Crippen molar-refractivity contribution in [3.05, 3.63) is 0 Å². The summed E-state index contributed by atoms with van der Waals surface area (Å²) in [5.74, 6) is -0.716. The first-order chi connectivity index (χ1) is 4.27. The molecule has 3 N–H and O–H groups in total. The zero-order valence-corrected chi connectivity index (χ0v) is 8.47. The topological polar surface area (TPSA) is 63.3 Å². The van der Waals surface area contributed by atoms with Gasteiger partial charge in [0, 0.05) is 6.42 Å². The summed E-state index contributed by atoms with van der Waals surface area (Å²) in [5.41, 5.74) is 5.20. The molecular weight excluding hydrogens is 141 g/mol. The molecule has 0 radical (unpaired) electrons. The number of carboxylic acids is 1. The van der Waals surface area contributed by atoms with Crippen molar-refractivity contribution in [3.63, 3.8) is 0 Å². The minimum atomic E-state index is -0.716.